The number of hydrogen-bond donors (Lipinski definition) is 0. The van der Waals surface area contributed by atoms with E-state index in [0.29, 0.717) is 10.8 Å². The van der Waals surface area contributed by atoms with Crippen molar-refractivity contribution < 1.29 is 4.74 Å². The molecule has 3 heterocycles. The first kappa shape index (κ1) is 17.7. The molecule has 1 saturated heterocycles. The molecular formula is C21H21ClN4O. The van der Waals surface area contributed by atoms with Gasteiger partial charge in [-0.3, -0.25) is 4.98 Å². The minimum Gasteiger partial charge on any atom is -0.488 e. The Bertz CT molecular complexity index is 948. The van der Waals surface area contributed by atoms with E-state index >= 15 is 0 Å². The molecule has 6 heteroatoms. The molecule has 1 aliphatic rings. The highest BCUT2D eigenvalue weighted by Gasteiger charge is 2.27. The molecule has 0 radical (unpaired) electrons. The lowest BCUT2D eigenvalue weighted by Crippen LogP contribution is -2.26. The van der Waals surface area contributed by atoms with Crippen LogP contribution in [0.15, 0.2) is 48.8 Å². The summed E-state index contributed by atoms with van der Waals surface area (Å²) >= 11 is 6.06. The standard InChI is InChI=1S/C21H21ClN4O/c1-14-15(2)24-20(16-5-4-9-23-12-16)25-21(14)26-10-8-19(13-26)27-18-7-3-6-17(22)11-18/h3-7,9,11-12,19H,8,10,13H2,1-2H3. The van der Waals surface area contributed by atoms with Crippen molar-refractivity contribution in [3.63, 3.8) is 0 Å². The third-order valence-corrected chi connectivity index (χ3v) is 5.06. The zero-order chi connectivity index (χ0) is 18.8. The SMILES string of the molecule is Cc1nc(-c2cccnc2)nc(N2CCC(Oc3cccc(Cl)c3)C2)c1C. The Kier molecular flexibility index (Phi) is 4.94. The van der Waals surface area contributed by atoms with Gasteiger partial charge in [-0.1, -0.05) is 17.7 Å². The van der Waals surface area contributed by atoms with Gasteiger partial charge in [0.25, 0.3) is 0 Å². The molecule has 27 heavy (non-hydrogen) atoms. The molecule has 0 spiro atoms. The predicted molar refractivity (Wildman–Crippen MR) is 107 cm³/mol. The minimum atomic E-state index is 0.111. The van der Waals surface area contributed by atoms with Crippen molar-refractivity contribution in [2.45, 2.75) is 26.4 Å². The number of nitrogens with zero attached hydrogens (tertiary/aromatic N) is 4. The molecular weight excluding hydrogens is 360 g/mol. The molecule has 4 rings (SSSR count). The van der Waals surface area contributed by atoms with Crippen LogP contribution in [0.2, 0.25) is 5.02 Å². The van der Waals surface area contributed by atoms with Gasteiger partial charge in [-0.2, -0.15) is 0 Å². The van der Waals surface area contributed by atoms with Gasteiger partial charge in [-0.15, -0.1) is 0 Å². The van der Waals surface area contributed by atoms with Crippen LogP contribution in [-0.4, -0.2) is 34.1 Å². The van der Waals surface area contributed by atoms with Gasteiger partial charge in [-0.25, -0.2) is 9.97 Å². The second kappa shape index (κ2) is 7.53. The van der Waals surface area contributed by atoms with Gasteiger partial charge in [0.2, 0.25) is 0 Å². The van der Waals surface area contributed by atoms with Gasteiger partial charge in [0.1, 0.15) is 17.7 Å². The van der Waals surface area contributed by atoms with E-state index in [1.54, 1.807) is 12.4 Å². The van der Waals surface area contributed by atoms with Crippen LogP contribution in [0.5, 0.6) is 5.75 Å². The number of rotatable bonds is 4. The Hall–Kier alpha value is -2.66. The highest BCUT2D eigenvalue weighted by molar-refractivity contribution is 6.30. The molecule has 0 saturated carbocycles. The Morgan fingerprint density at radius 2 is 2.04 bits per heavy atom. The van der Waals surface area contributed by atoms with E-state index in [-0.39, 0.29) is 6.10 Å². The minimum absolute atomic E-state index is 0.111. The number of aryl methyl sites for hydroxylation is 1. The first-order valence-electron chi connectivity index (χ1n) is 9.03. The first-order chi connectivity index (χ1) is 13.1. The maximum Gasteiger partial charge on any atom is 0.163 e. The number of halogens is 1. The topological polar surface area (TPSA) is 51.1 Å². The fourth-order valence-electron chi connectivity index (χ4n) is 3.30. The third kappa shape index (κ3) is 3.88. The summed E-state index contributed by atoms with van der Waals surface area (Å²) in [5, 5.41) is 0.686. The number of pyridine rings is 1. The van der Waals surface area contributed by atoms with Crippen molar-refractivity contribution >= 4 is 17.4 Å². The molecule has 1 aliphatic heterocycles. The number of aromatic nitrogens is 3. The smallest absolute Gasteiger partial charge is 0.163 e. The summed E-state index contributed by atoms with van der Waals surface area (Å²) in [5.41, 5.74) is 3.01. The van der Waals surface area contributed by atoms with Gasteiger partial charge in [-0.05, 0) is 44.2 Å². The fraction of sp³-hybridized carbons (Fsp3) is 0.286. The lowest BCUT2D eigenvalue weighted by atomic mass is 10.2. The van der Waals surface area contributed by atoms with Crippen molar-refractivity contribution in [2.75, 3.05) is 18.0 Å². The van der Waals surface area contributed by atoms with E-state index in [4.69, 9.17) is 21.3 Å². The zero-order valence-corrected chi connectivity index (χ0v) is 16.1. The van der Waals surface area contributed by atoms with E-state index in [0.717, 1.165) is 47.9 Å². The molecule has 0 bridgehead atoms. The van der Waals surface area contributed by atoms with Crippen molar-refractivity contribution in [1.82, 2.24) is 15.0 Å². The van der Waals surface area contributed by atoms with E-state index in [1.807, 2.05) is 43.3 Å². The Labute approximate surface area is 164 Å². The predicted octanol–water partition coefficient (Wildman–Crippen LogP) is 4.47. The van der Waals surface area contributed by atoms with Gasteiger partial charge >= 0.3 is 0 Å². The highest BCUT2D eigenvalue weighted by atomic mass is 35.5. The largest absolute Gasteiger partial charge is 0.488 e. The molecule has 1 unspecified atom stereocenters. The lowest BCUT2D eigenvalue weighted by molar-refractivity contribution is 0.225. The van der Waals surface area contributed by atoms with Crippen molar-refractivity contribution in [3.8, 4) is 17.1 Å². The second-order valence-electron chi connectivity index (χ2n) is 6.75. The van der Waals surface area contributed by atoms with Crippen LogP contribution in [0.25, 0.3) is 11.4 Å². The monoisotopic (exact) mass is 380 g/mol. The number of anilines is 1. The molecule has 0 N–H and O–H groups in total. The van der Waals surface area contributed by atoms with Crippen LogP contribution < -0.4 is 9.64 Å². The molecule has 1 atom stereocenters. The fourth-order valence-corrected chi connectivity index (χ4v) is 3.48. The summed E-state index contributed by atoms with van der Waals surface area (Å²) in [4.78, 5) is 15.9. The molecule has 1 fully saturated rings. The van der Waals surface area contributed by atoms with Gasteiger partial charge in [0, 0.05) is 47.2 Å². The average Bonchev–Trinajstić information content (AvgIpc) is 3.13. The lowest BCUT2D eigenvalue weighted by Gasteiger charge is -2.21. The third-order valence-electron chi connectivity index (χ3n) is 4.83. The van der Waals surface area contributed by atoms with E-state index < -0.39 is 0 Å². The van der Waals surface area contributed by atoms with Crippen LogP contribution in [0.3, 0.4) is 0 Å². The Morgan fingerprint density at radius 3 is 2.81 bits per heavy atom. The number of hydrogen-bond acceptors (Lipinski definition) is 5. The van der Waals surface area contributed by atoms with Gasteiger partial charge in [0.05, 0.1) is 6.54 Å². The summed E-state index contributed by atoms with van der Waals surface area (Å²) in [5.74, 6) is 2.49. The molecule has 0 aliphatic carbocycles. The van der Waals surface area contributed by atoms with Crippen LogP contribution in [0.1, 0.15) is 17.7 Å². The Morgan fingerprint density at radius 1 is 1.15 bits per heavy atom. The molecule has 1 aromatic carbocycles. The van der Waals surface area contributed by atoms with Crippen LogP contribution in [-0.2, 0) is 0 Å². The molecule has 138 valence electrons. The van der Waals surface area contributed by atoms with E-state index in [2.05, 4.69) is 21.8 Å². The summed E-state index contributed by atoms with van der Waals surface area (Å²) in [6.07, 6.45) is 4.60. The van der Waals surface area contributed by atoms with Crippen molar-refractivity contribution in [3.05, 3.63) is 65.1 Å². The normalized spacial score (nSPS) is 16.6. The number of benzene rings is 1. The summed E-state index contributed by atoms with van der Waals surface area (Å²) in [6.45, 7) is 5.78. The molecule has 0 amide bonds. The molecule has 2 aromatic heterocycles. The summed E-state index contributed by atoms with van der Waals surface area (Å²) < 4.78 is 6.11. The number of ether oxygens (including phenoxy) is 1. The summed E-state index contributed by atoms with van der Waals surface area (Å²) in [6, 6.07) is 11.4. The zero-order valence-electron chi connectivity index (χ0n) is 15.4. The molecule has 3 aromatic rings. The van der Waals surface area contributed by atoms with Crippen molar-refractivity contribution in [2.24, 2.45) is 0 Å². The van der Waals surface area contributed by atoms with Gasteiger partial charge in [0.15, 0.2) is 5.82 Å². The first-order valence-corrected chi connectivity index (χ1v) is 9.41. The van der Waals surface area contributed by atoms with Crippen LogP contribution >= 0.6 is 11.6 Å². The second-order valence-corrected chi connectivity index (χ2v) is 7.19. The maximum atomic E-state index is 6.11. The summed E-state index contributed by atoms with van der Waals surface area (Å²) in [7, 11) is 0. The average molecular weight is 381 g/mol. The molecule has 5 nitrogen and oxygen atoms in total. The van der Waals surface area contributed by atoms with E-state index in [1.165, 1.54) is 0 Å². The van der Waals surface area contributed by atoms with Gasteiger partial charge < -0.3 is 9.64 Å². The van der Waals surface area contributed by atoms with Crippen LogP contribution in [0, 0.1) is 13.8 Å². The maximum absolute atomic E-state index is 6.11. The van der Waals surface area contributed by atoms with Crippen molar-refractivity contribution in [1.29, 1.82) is 0 Å². The highest BCUT2D eigenvalue weighted by Crippen LogP contribution is 2.28. The Balaban J connectivity index is 1.56. The van der Waals surface area contributed by atoms with E-state index in [9.17, 15) is 0 Å². The quantitative estimate of drug-likeness (QED) is 0.668. The van der Waals surface area contributed by atoms with Crippen LogP contribution in [0.4, 0.5) is 5.82 Å².